The zero-order valence-corrected chi connectivity index (χ0v) is 13.3. The van der Waals surface area contributed by atoms with E-state index in [0.717, 1.165) is 6.54 Å². The number of hydrogen-bond donors (Lipinski definition) is 1. The van der Waals surface area contributed by atoms with Gasteiger partial charge in [0.05, 0.1) is 3.79 Å². The first-order chi connectivity index (χ1) is 7.65. The first-order valence-corrected chi connectivity index (χ1v) is 7.63. The Hall–Kier alpha value is -0.0700. The van der Waals surface area contributed by atoms with Gasteiger partial charge in [-0.05, 0) is 80.2 Å². The van der Waals surface area contributed by atoms with Crippen LogP contribution in [0.5, 0.6) is 0 Å². The predicted molar refractivity (Wildman–Crippen MR) is 83.2 cm³/mol. The molecule has 0 unspecified atom stereocenters. The summed E-state index contributed by atoms with van der Waals surface area (Å²) in [5, 5.41) is 5.59. The number of halogens is 2. The molecule has 0 bridgehead atoms. The van der Waals surface area contributed by atoms with E-state index in [9.17, 15) is 0 Å². The summed E-state index contributed by atoms with van der Waals surface area (Å²) in [6.07, 6.45) is 0. The Balaban J connectivity index is 2.02. The summed E-state index contributed by atoms with van der Waals surface area (Å²) in [6, 6.07) is 8.60. The first kappa shape index (κ1) is 12.4. The number of aryl methyl sites for hydroxylation is 1. The maximum Gasteiger partial charge on any atom is 0.0701 e. The number of hydrogen-bond acceptors (Lipinski definition) is 2. The van der Waals surface area contributed by atoms with Crippen molar-refractivity contribution in [3.8, 4) is 0 Å². The highest BCUT2D eigenvalue weighted by atomic mass is 127. The van der Waals surface area contributed by atoms with Crippen molar-refractivity contribution in [3.05, 3.63) is 48.1 Å². The smallest absolute Gasteiger partial charge is 0.0701 e. The van der Waals surface area contributed by atoms with Gasteiger partial charge in [0.15, 0.2) is 0 Å². The van der Waals surface area contributed by atoms with E-state index in [-0.39, 0.29) is 0 Å². The molecule has 16 heavy (non-hydrogen) atoms. The van der Waals surface area contributed by atoms with Crippen molar-refractivity contribution < 1.29 is 0 Å². The second-order valence-corrected chi connectivity index (χ2v) is 7.03. The van der Waals surface area contributed by atoms with Gasteiger partial charge >= 0.3 is 0 Å². The van der Waals surface area contributed by atoms with Crippen LogP contribution >= 0.6 is 49.9 Å². The number of anilines is 1. The van der Waals surface area contributed by atoms with Crippen LogP contribution in [0.15, 0.2) is 33.4 Å². The third-order valence-corrected chi connectivity index (χ3v) is 5.01. The minimum atomic E-state index is 0.876. The normalized spacial score (nSPS) is 10.4. The fourth-order valence-electron chi connectivity index (χ4n) is 1.35. The monoisotopic (exact) mass is 407 g/mol. The van der Waals surface area contributed by atoms with E-state index >= 15 is 0 Å². The summed E-state index contributed by atoms with van der Waals surface area (Å²) in [5.41, 5.74) is 3.81. The van der Waals surface area contributed by atoms with Crippen LogP contribution in [0.2, 0.25) is 0 Å². The summed E-state index contributed by atoms with van der Waals surface area (Å²) in [6.45, 7) is 3.00. The van der Waals surface area contributed by atoms with Crippen LogP contribution in [-0.4, -0.2) is 0 Å². The second-order valence-electron chi connectivity index (χ2n) is 3.58. The fourth-order valence-corrected chi connectivity index (χ4v) is 3.07. The van der Waals surface area contributed by atoms with Crippen molar-refractivity contribution in [1.29, 1.82) is 0 Å². The number of nitrogens with one attached hydrogen (secondary N) is 1. The standard InChI is InChI=1S/C12H11BrINS/c1-8-2-3-10(5-11(8)14)15-6-9-4-12(13)16-7-9/h2-5,7,15H,6H2,1H3. The molecular weight excluding hydrogens is 397 g/mol. The van der Waals surface area contributed by atoms with Crippen LogP contribution in [0.25, 0.3) is 0 Å². The lowest BCUT2D eigenvalue weighted by Gasteiger charge is -2.06. The Morgan fingerprint density at radius 2 is 2.19 bits per heavy atom. The maximum absolute atomic E-state index is 3.47. The van der Waals surface area contributed by atoms with Crippen LogP contribution in [0.3, 0.4) is 0 Å². The summed E-state index contributed by atoms with van der Waals surface area (Å²) < 4.78 is 2.48. The molecule has 0 aliphatic carbocycles. The van der Waals surface area contributed by atoms with E-state index in [2.05, 4.69) is 80.4 Å². The fraction of sp³-hybridized carbons (Fsp3) is 0.167. The average Bonchev–Trinajstić information content (AvgIpc) is 2.66. The lowest BCUT2D eigenvalue weighted by molar-refractivity contribution is 1.16. The summed E-state index contributed by atoms with van der Waals surface area (Å²) >= 11 is 7.55. The van der Waals surface area contributed by atoms with Crippen molar-refractivity contribution in [1.82, 2.24) is 0 Å². The van der Waals surface area contributed by atoms with E-state index in [1.165, 1.54) is 24.2 Å². The molecule has 1 heterocycles. The molecule has 2 rings (SSSR count). The predicted octanol–water partition coefficient (Wildman–Crippen LogP) is 5.04. The highest BCUT2D eigenvalue weighted by Gasteiger charge is 1.99. The minimum Gasteiger partial charge on any atom is -0.381 e. The Labute approximate surface area is 122 Å². The number of rotatable bonds is 3. The third-order valence-electron chi connectivity index (χ3n) is 2.29. The van der Waals surface area contributed by atoms with Crippen molar-refractivity contribution in [2.24, 2.45) is 0 Å². The van der Waals surface area contributed by atoms with Crippen LogP contribution < -0.4 is 5.32 Å². The van der Waals surface area contributed by atoms with Gasteiger partial charge in [0.2, 0.25) is 0 Å². The van der Waals surface area contributed by atoms with Crippen LogP contribution in [0.1, 0.15) is 11.1 Å². The Morgan fingerprint density at radius 1 is 1.38 bits per heavy atom. The van der Waals surface area contributed by atoms with Crippen LogP contribution in [0.4, 0.5) is 5.69 Å². The molecule has 4 heteroatoms. The zero-order valence-electron chi connectivity index (χ0n) is 8.76. The van der Waals surface area contributed by atoms with E-state index in [0.29, 0.717) is 0 Å². The number of thiophene rings is 1. The second kappa shape index (κ2) is 5.51. The maximum atomic E-state index is 3.47. The summed E-state index contributed by atoms with van der Waals surface area (Å²) in [5.74, 6) is 0. The molecule has 1 aromatic heterocycles. The topological polar surface area (TPSA) is 12.0 Å². The van der Waals surface area contributed by atoms with E-state index < -0.39 is 0 Å². The van der Waals surface area contributed by atoms with E-state index in [4.69, 9.17) is 0 Å². The van der Waals surface area contributed by atoms with Crippen LogP contribution in [-0.2, 0) is 6.54 Å². The zero-order chi connectivity index (χ0) is 11.5. The van der Waals surface area contributed by atoms with E-state index in [1.54, 1.807) is 11.3 Å². The van der Waals surface area contributed by atoms with Crippen molar-refractivity contribution in [2.75, 3.05) is 5.32 Å². The van der Waals surface area contributed by atoms with Gasteiger partial charge in [0.1, 0.15) is 0 Å². The van der Waals surface area contributed by atoms with Crippen molar-refractivity contribution >= 4 is 55.5 Å². The van der Waals surface area contributed by atoms with Gasteiger partial charge in [-0.3, -0.25) is 0 Å². The minimum absolute atomic E-state index is 0.876. The van der Waals surface area contributed by atoms with Gasteiger partial charge in [0, 0.05) is 15.8 Å². The molecule has 0 atom stereocenters. The molecule has 0 fully saturated rings. The Bertz CT molecular complexity index is 496. The van der Waals surface area contributed by atoms with Gasteiger partial charge in [-0.25, -0.2) is 0 Å². The SMILES string of the molecule is Cc1ccc(NCc2csc(Br)c2)cc1I. The average molecular weight is 408 g/mol. The Kier molecular flexibility index (Phi) is 4.27. The molecule has 1 nitrogen and oxygen atoms in total. The molecule has 0 saturated heterocycles. The van der Waals surface area contributed by atoms with Gasteiger partial charge in [0.25, 0.3) is 0 Å². The molecule has 0 radical (unpaired) electrons. The Morgan fingerprint density at radius 3 is 2.81 bits per heavy atom. The molecule has 1 aromatic carbocycles. The molecule has 0 aliphatic heterocycles. The summed E-state index contributed by atoms with van der Waals surface area (Å²) in [7, 11) is 0. The molecule has 0 aliphatic rings. The molecule has 2 aromatic rings. The highest BCUT2D eigenvalue weighted by Crippen LogP contribution is 2.22. The molecule has 0 spiro atoms. The largest absolute Gasteiger partial charge is 0.381 e. The molecule has 0 saturated carbocycles. The molecule has 0 amide bonds. The van der Waals surface area contributed by atoms with Gasteiger partial charge in [-0.15, -0.1) is 11.3 Å². The lowest BCUT2D eigenvalue weighted by Crippen LogP contribution is -1.98. The third kappa shape index (κ3) is 3.21. The molecule has 84 valence electrons. The van der Waals surface area contributed by atoms with Crippen LogP contribution in [0, 0.1) is 10.5 Å². The quantitative estimate of drug-likeness (QED) is 0.703. The first-order valence-electron chi connectivity index (χ1n) is 4.88. The summed E-state index contributed by atoms with van der Waals surface area (Å²) in [4.78, 5) is 0. The molecular formula is C12H11BrINS. The highest BCUT2D eigenvalue weighted by molar-refractivity contribution is 14.1. The van der Waals surface area contributed by atoms with E-state index in [1.807, 2.05) is 0 Å². The van der Waals surface area contributed by atoms with Gasteiger partial charge in [-0.1, -0.05) is 6.07 Å². The molecule has 1 N–H and O–H groups in total. The van der Waals surface area contributed by atoms with Crippen molar-refractivity contribution in [3.63, 3.8) is 0 Å². The van der Waals surface area contributed by atoms with Gasteiger partial charge < -0.3 is 5.32 Å². The number of benzene rings is 1. The van der Waals surface area contributed by atoms with Crippen molar-refractivity contribution in [2.45, 2.75) is 13.5 Å². The van der Waals surface area contributed by atoms with Gasteiger partial charge in [-0.2, -0.15) is 0 Å². The lowest BCUT2D eigenvalue weighted by atomic mass is 10.2.